The largest absolute Gasteiger partial charge is 0.241 e. The molecule has 3 aromatic carbocycles. The van der Waals surface area contributed by atoms with Crippen LogP contribution in [0.15, 0.2) is 71.1 Å². The second kappa shape index (κ2) is 5.83. The van der Waals surface area contributed by atoms with Crippen molar-refractivity contribution in [2.45, 2.75) is 24.8 Å². The van der Waals surface area contributed by atoms with Crippen LogP contribution in [0.3, 0.4) is 0 Å². The molecule has 0 fully saturated rings. The van der Waals surface area contributed by atoms with E-state index < -0.39 is 10.0 Å². The van der Waals surface area contributed by atoms with Crippen LogP contribution in [-0.4, -0.2) is 8.42 Å². The maximum absolute atomic E-state index is 12.9. The van der Waals surface area contributed by atoms with Gasteiger partial charge in [0.05, 0.1) is 10.9 Å². The molecule has 126 valence electrons. The third-order valence-electron chi connectivity index (χ3n) is 4.74. The molecule has 0 saturated heterocycles. The van der Waals surface area contributed by atoms with Gasteiger partial charge in [-0.05, 0) is 47.9 Å². The fraction of sp³-hybridized carbons (Fsp3) is 0.143. The fourth-order valence-corrected chi connectivity index (χ4v) is 4.65. The number of hydrogen-bond donors (Lipinski definition) is 1. The van der Waals surface area contributed by atoms with Gasteiger partial charge in [-0.15, -0.1) is 0 Å². The van der Waals surface area contributed by atoms with Crippen LogP contribution in [0.1, 0.15) is 29.7 Å². The topological polar surface area (TPSA) is 46.2 Å². The molecule has 1 atom stereocenters. The first-order valence-electron chi connectivity index (χ1n) is 8.24. The summed E-state index contributed by atoms with van der Waals surface area (Å²) in [5, 5.41) is 2.20. The van der Waals surface area contributed by atoms with Gasteiger partial charge in [-0.25, -0.2) is 8.42 Å². The van der Waals surface area contributed by atoms with Gasteiger partial charge in [0.15, 0.2) is 0 Å². The standard InChI is InChI=1S/C21H19NO2S/c1-14-7-11-18(12-8-14)25(23,24)22-21-15(2)13-17-10-9-16-5-3-4-6-19(16)20(17)21/h3-13,21-22H,1-2H3/t21-/m1/s1. The minimum absolute atomic E-state index is 0.291. The van der Waals surface area contributed by atoms with Crippen molar-refractivity contribution in [3.8, 4) is 0 Å². The zero-order chi connectivity index (χ0) is 17.6. The SMILES string of the molecule is CC1=Cc2ccc3ccccc3c2[C@@H]1NS(=O)(=O)c1ccc(C)cc1. The summed E-state index contributed by atoms with van der Waals surface area (Å²) in [4.78, 5) is 0.291. The van der Waals surface area contributed by atoms with E-state index in [-0.39, 0.29) is 6.04 Å². The van der Waals surface area contributed by atoms with E-state index in [1.54, 1.807) is 12.1 Å². The molecule has 1 N–H and O–H groups in total. The van der Waals surface area contributed by atoms with Crippen LogP contribution in [0.5, 0.6) is 0 Å². The Morgan fingerprint density at radius 2 is 1.60 bits per heavy atom. The Labute approximate surface area is 148 Å². The van der Waals surface area contributed by atoms with E-state index in [1.165, 1.54) is 0 Å². The Kier molecular flexibility index (Phi) is 3.74. The van der Waals surface area contributed by atoms with E-state index in [1.807, 2.05) is 44.2 Å². The number of aryl methyl sites for hydroxylation is 1. The normalized spacial score (nSPS) is 16.7. The summed E-state index contributed by atoms with van der Waals surface area (Å²) < 4.78 is 28.6. The van der Waals surface area contributed by atoms with Gasteiger partial charge in [-0.2, -0.15) is 4.72 Å². The Morgan fingerprint density at radius 3 is 2.36 bits per heavy atom. The van der Waals surface area contributed by atoms with Crippen molar-refractivity contribution in [3.63, 3.8) is 0 Å². The molecule has 0 aromatic heterocycles. The first-order valence-corrected chi connectivity index (χ1v) is 9.73. The van der Waals surface area contributed by atoms with Gasteiger partial charge in [0.25, 0.3) is 0 Å². The fourth-order valence-electron chi connectivity index (χ4n) is 3.41. The van der Waals surface area contributed by atoms with Crippen molar-refractivity contribution in [3.05, 3.63) is 82.9 Å². The molecule has 0 saturated carbocycles. The van der Waals surface area contributed by atoms with Crippen LogP contribution in [-0.2, 0) is 10.0 Å². The molecule has 0 aliphatic heterocycles. The number of rotatable bonds is 3. The van der Waals surface area contributed by atoms with Crippen LogP contribution < -0.4 is 4.72 Å². The first-order chi connectivity index (χ1) is 12.0. The third kappa shape index (κ3) is 2.77. The van der Waals surface area contributed by atoms with Gasteiger partial charge in [-0.1, -0.05) is 65.7 Å². The maximum atomic E-state index is 12.9. The number of fused-ring (bicyclic) bond motifs is 3. The Balaban J connectivity index is 1.79. The quantitative estimate of drug-likeness (QED) is 0.752. The zero-order valence-electron chi connectivity index (χ0n) is 14.2. The highest BCUT2D eigenvalue weighted by Crippen LogP contribution is 2.39. The van der Waals surface area contributed by atoms with Crippen molar-refractivity contribution in [2.75, 3.05) is 0 Å². The summed E-state index contributed by atoms with van der Waals surface area (Å²) in [5.74, 6) is 0. The van der Waals surface area contributed by atoms with Crippen molar-refractivity contribution < 1.29 is 8.42 Å². The Bertz CT molecular complexity index is 1100. The molecule has 3 nitrogen and oxygen atoms in total. The molecule has 25 heavy (non-hydrogen) atoms. The monoisotopic (exact) mass is 349 g/mol. The Morgan fingerprint density at radius 1 is 0.880 bits per heavy atom. The summed E-state index contributed by atoms with van der Waals surface area (Å²) >= 11 is 0. The molecular formula is C21H19NO2S. The molecule has 0 unspecified atom stereocenters. The summed E-state index contributed by atoms with van der Waals surface area (Å²) in [6.45, 7) is 3.91. The number of benzene rings is 3. The zero-order valence-corrected chi connectivity index (χ0v) is 15.0. The molecule has 0 spiro atoms. The van der Waals surface area contributed by atoms with E-state index >= 15 is 0 Å². The van der Waals surface area contributed by atoms with Gasteiger partial charge in [0.2, 0.25) is 10.0 Å². The molecule has 4 heteroatoms. The second-order valence-corrected chi connectivity index (χ2v) is 8.26. The lowest BCUT2D eigenvalue weighted by Crippen LogP contribution is -2.28. The van der Waals surface area contributed by atoms with Gasteiger partial charge in [0, 0.05) is 0 Å². The molecule has 0 radical (unpaired) electrons. The van der Waals surface area contributed by atoms with Crippen LogP contribution in [0.25, 0.3) is 16.8 Å². The lowest BCUT2D eigenvalue weighted by Gasteiger charge is -2.19. The highest BCUT2D eigenvalue weighted by molar-refractivity contribution is 7.89. The van der Waals surface area contributed by atoms with E-state index in [0.717, 1.165) is 33.0 Å². The predicted octanol–water partition coefficient (Wildman–Crippen LogP) is 4.58. The molecular weight excluding hydrogens is 330 g/mol. The number of sulfonamides is 1. The van der Waals surface area contributed by atoms with E-state index in [2.05, 4.69) is 29.0 Å². The third-order valence-corrected chi connectivity index (χ3v) is 6.17. The van der Waals surface area contributed by atoms with Crippen molar-refractivity contribution >= 4 is 26.9 Å². The molecule has 1 aliphatic carbocycles. The van der Waals surface area contributed by atoms with Crippen LogP contribution in [0, 0.1) is 6.92 Å². The summed E-state index contributed by atoms with van der Waals surface area (Å²) in [6, 6.07) is 18.8. The summed E-state index contributed by atoms with van der Waals surface area (Å²) in [6.07, 6.45) is 2.06. The van der Waals surface area contributed by atoms with Crippen LogP contribution in [0.2, 0.25) is 0 Å². The minimum atomic E-state index is -3.60. The number of hydrogen-bond acceptors (Lipinski definition) is 2. The van der Waals surface area contributed by atoms with Gasteiger partial charge in [-0.3, -0.25) is 0 Å². The van der Waals surface area contributed by atoms with Crippen molar-refractivity contribution in [2.24, 2.45) is 0 Å². The maximum Gasteiger partial charge on any atom is 0.241 e. The molecule has 0 bridgehead atoms. The molecule has 0 heterocycles. The average Bonchev–Trinajstić information content (AvgIpc) is 2.91. The first kappa shape index (κ1) is 16.1. The van der Waals surface area contributed by atoms with Crippen molar-refractivity contribution in [1.29, 1.82) is 0 Å². The molecule has 0 amide bonds. The van der Waals surface area contributed by atoms with Gasteiger partial charge >= 0.3 is 0 Å². The molecule has 4 rings (SSSR count). The van der Waals surface area contributed by atoms with E-state index in [9.17, 15) is 8.42 Å². The number of nitrogens with one attached hydrogen (secondary N) is 1. The lowest BCUT2D eigenvalue weighted by molar-refractivity contribution is 0.572. The smallest absolute Gasteiger partial charge is 0.207 e. The average molecular weight is 349 g/mol. The van der Waals surface area contributed by atoms with Crippen LogP contribution in [0.4, 0.5) is 0 Å². The summed E-state index contributed by atoms with van der Waals surface area (Å²) in [5.41, 5.74) is 4.15. The highest BCUT2D eigenvalue weighted by atomic mass is 32.2. The second-order valence-electron chi connectivity index (χ2n) is 6.55. The minimum Gasteiger partial charge on any atom is -0.207 e. The van der Waals surface area contributed by atoms with E-state index in [0.29, 0.717) is 4.90 Å². The Hall–Kier alpha value is -2.43. The molecule has 1 aliphatic rings. The molecule has 3 aromatic rings. The van der Waals surface area contributed by atoms with E-state index in [4.69, 9.17) is 0 Å². The van der Waals surface area contributed by atoms with Gasteiger partial charge in [0.1, 0.15) is 0 Å². The van der Waals surface area contributed by atoms with Crippen molar-refractivity contribution in [1.82, 2.24) is 4.72 Å². The van der Waals surface area contributed by atoms with Gasteiger partial charge < -0.3 is 0 Å². The van der Waals surface area contributed by atoms with Crippen LogP contribution >= 0.6 is 0 Å². The lowest BCUT2D eigenvalue weighted by atomic mass is 9.97. The predicted molar refractivity (Wildman–Crippen MR) is 102 cm³/mol. The highest BCUT2D eigenvalue weighted by Gasteiger charge is 2.29. The summed E-state index contributed by atoms with van der Waals surface area (Å²) in [7, 11) is -3.60.